The standard InChI is InChI=1S/C20H26ClN5O2/c1-14-5-6-15(13-16(14)21)19-23-20(28)17(24-25-19)7-8-18(27)22-9-12-26-10-3-2-4-11-26/h5-6,13H,2-4,7-12H2,1H3,(H,22,27)(H,23,25,28). The van der Waals surface area contributed by atoms with Gasteiger partial charge in [0, 0.05) is 36.5 Å². The SMILES string of the molecule is Cc1ccc(-c2nnc(CCC(=O)NCCN3CCCCC3)c(=O)[nH]2)cc1Cl. The summed E-state index contributed by atoms with van der Waals surface area (Å²) >= 11 is 6.12. The van der Waals surface area contributed by atoms with E-state index in [2.05, 4.69) is 25.4 Å². The number of H-pyrrole nitrogens is 1. The van der Waals surface area contributed by atoms with Crippen LogP contribution in [0.5, 0.6) is 0 Å². The van der Waals surface area contributed by atoms with Crippen molar-refractivity contribution < 1.29 is 4.79 Å². The second-order valence-electron chi connectivity index (χ2n) is 7.17. The first-order valence-corrected chi connectivity index (χ1v) is 10.1. The molecule has 0 bridgehead atoms. The fraction of sp³-hybridized carbons (Fsp3) is 0.500. The Morgan fingerprint density at radius 3 is 2.75 bits per heavy atom. The summed E-state index contributed by atoms with van der Waals surface area (Å²) in [6.07, 6.45) is 4.24. The number of aromatic nitrogens is 3. The summed E-state index contributed by atoms with van der Waals surface area (Å²) in [6, 6.07) is 5.43. The second kappa shape index (κ2) is 9.80. The minimum Gasteiger partial charge on any atom is -0.355 e. The Morgan fingerprint density at radius 2 is 2.04 bits per heavy atom. The molecule has 150 valence electrons. The summed E-state index contributed by atoms with van der Waals surface area (Å²) in [5, 5.41) is 11.6. The van der Waals surface area contributed by atoms with Gasteiger partial charge in [-0.1, -0.05) is 30.2 Å². The average molecular weight is 404 g/mol. The highest BCUT2D eigenvalue weighted by Gasteiger charge is 2.12. The fourth-order valence-electron chi connectivity index (χ4n) is 3.25. The summed E-state index contributed by atoms with van der Waals surface area (Å²) in [7, 11) is 0. The van der Waals surface area contributed by atoms with Crippen LogP contribution >= 0.6 is 11.6 Å². The van der Waals surface area contributed by atoms with Crippen molar-refractivity contribution in [1.29, 1.82) is 0 Å². The number of amides is 1. The van der Waals surface area contributed by atoms with Crippen LogP contribution in [0, 0.1) is 6.92 Å². The van der Waals surface area contributed by atoms with Gasteiger partial charge in [0.1, 0.15) is 5.69 Å². The van der Waals surface area contributed by atoms with E-state index in [4.69, 9.17) is 11.6 Å². The van der Waals surface area contributed by atoms with Gasteiger partial charge in [0.2, 0.25) is 5.91 Å². The molecule has 0 unspecified atom stereocenters. The zero-order valence-corrected chi connectivity index (χ0v) is 16.9. The van der Waals surface area contributed by atoms with E-state index in [1.54, 1.807) is 6.07 Å². The van der Waals surface area contributed by atoms with Crippen LogP contribution in [-0.4, -0.2) is 52.2 Å². The van der Waals surface area contributed by atoms with Crippen molar-refractivity contribution in [1.82, 2.24) is 25.4 Å². The molecule has 8 heteroatoms. The highest BCUT2D eigenvalue weighted by atomic mass is 35.5. The number of rotatable bonds is 7. The Labute approximate surface area is 169 Å². The molecule has 1 aliphatic heterocycles. The van der Waals surface area contributed by atoms with E-state index < -0.39 is 0 Å². The van der Waals surface area contributed by atoms with Gasteiger partial charge in [0.25, 0.3) is 5.56 Å². The number of piperidine rings is 1. The zero-order chi connectivity index (χ0) is 19.9. The van der Waals surface area contributed by atoms with Gasteiger partial charge in [-0.25, -0.2) is 0 Å². The van der Waals surface area contributed by atoms with Crippen molar-refractivity contribution in [2.75, 3.05) is 26.2 Å². The van der Waals surface area contributed by atoms with Gasteiger partial charge < -0.3 is 15.2 Å². The maximum absolute atomic E-state index is 12.3. The van der Waals surface area contributed by atoms with Crippen LogP contribution < -0.4 is 10.9 Å². The number of aryl methyl sites for hydroxylation is 2. The monoisotopic (exact) mass is 403 g/mol. The maximum atomic E-state index is 12.3. The van der Waals surface area contributed by atoms with E-state index in [1.165, 1.54) is 19.3 Å². The van der Waals surface area contributed by atoms with Crippen LogP contribution in [-0.2, 0) is 11.2 Å². The van der Waals surface area contributed by atoms with Gasteiger partial charge in [-0.2, -0.15) is 0 Å². The first-order valence-electron chi connectivity index (χ1n) is 9.74. The highest BCUT2D eigenvalue weighted by molar-refractivity contribution is 6.31. The van der Waals surface area contributed by atoms with Crippen molar-refractivity contribution >= 4 is 17.5 Å². The Balaban J connectivity index is 1.49. The Morgan fingerprint density at radius 1 is 1.25 bits per heavy atom. The van der Waals surface area contributed by atoms with Crippen molar-refractivity contribution in [3.63, 3.8) is 0 Å². The summed E-state index contributed by atoms with van der Waals surface area (Å²) in [4.78, 5) is 29.4. The molecule has 0 atom stereocenters. The van der Waals surface area contributed by atoms with E-state index in [1.807, 2.05) is 19.1 Å². The van der Waals surface area contributed by atoms with Crippen molar-refractivity contribution in [3.8, 4) is 11.4 Å². The number of aromatic amines is 1. The largest absolute Gasteiger partial charge is 0.355 e. The molecule has 0 saturated carbocycles. The van der Waals surface area contributed by atoms with Gasteiger partial charge in [-0.15, -0.1) is 10.2 Å². The third kappa shape index (κ3) is 5.62. The molecule has 0 radical (unpaired) electrons. The van der Waals surface area contributed by atoms with E-state index in [9.17, 15) is 9.59 Å². The number of nitrogens with zero attached hydrogens (tertiary/aromatic N) is 3. The van der Waals surface area contributed by atoms with Crippen molar-refractivity contribution in [2.24, 2.45) is 0 Å². The van der Waals surface area contributed by atoms with Crippen LogP contribution in [0.4, 0.5) is 0 Å². The first-order chi connectivity index (χ1) is 13.5. The molecule has 1 saturated heterocycles. The number of likely N-dealkylation sites (tertiary alicyclic amines) is 1. The van der Waals surface area contributed by atoms with Crippen molar-refractivity contribution in [3.05, 3.63) is 44.8 Å². The van der Waals surface area contributed by atoms with E-state index in [0.717, 1.165) is 25.2 Å². The molecular weight excluding hydrogens is 378 g/mol. The summed E-state index contributed by atoms with van der Waals surface area (Å²) in [5.74, 6) is 0.286. The van der Waals surface area contributed by atoms with Crippen LogP contribution in [0.2, 0.25) is 5.02 Å². The molecule has 7 nitrogen and oxygen atoms in total. The van der Waals surface area contributed by atoms with Gasteiger partial charge in [-0.3, -0.25) is 9.59 Å². The minimum absolute atomic E-state index is 0.0763. The maximum Gasteiger partial charge on any atom is 0.273 e. The molecule has 28 heavy (non-hydrogen) atoms. The lowest BCUT2D eigenvalue weighted by Gasteiger charge is -2.26. The predicted molar refractivity (Wildman–Crippen MR) is 109 cm³/mol. The first kappa shape index (κ1) is 20.5. The number of hydrogen-bond donors (Lipinski definition) is 2. The summed E-state index contributed by atoms with van der Waals surface area (Å²) in [6.45, 7) is 5.63. The molecular formula is C20H26ClN5O2. The Kier molecular flexibility index (Phi) is 7.17. The zero-order valence-electron chi connectivity index (χ0n) is 16.1. The number of carbonyl (C=O) groups is 1. The molecule has 2 heterocycles. The molecule has 0 spiro atoms. The second-order valence-corrected chi connectivity index (χ2v) is 7.57. The minimum atomic E-state index is -0.331. The quantitative estimate of drug-likeness (QED) is 0.740. The molecule has 1 aromatic carbocycles. The number of benzene rings is 1. The smallest absolute Gasteiger partial charge is 0.273 e. The normalized spacial score (nSPS) is 14.8. The Bertz CT molecular complexity index is 877. The number of carbonyl (C=O) groups excluding carboxylic acids is 1. The van der Waals surface area contributed by atoms with E-state index in [0.29, 0.717) is 23.0 Å². The molecule has 3 rings (SSSR count). The molecule has 0 aliphatic carbocycles. The molecule has 1 amide bonds. The number of nitrogens with one attached hydrogen (secondary N) is 2. The van der Waals surface area contributed by atoms with Crippen LogP contribution in [0.1, 0.15) is 36.9 Å². The van der Waals surface area contributed by atoms with Gasteiger partial charge in [-0.05, 0) is 44.5 Å². The van der Waals surface area contributed by atoms with Gasteiger partial charge in [0.15, 0.2) is 5.82 Å². The highest BCUT2D eigenvalue weighted by Crippen LogP contribution is 2.21. The predicted octanol–water partition coefficient (Wildman–Crippen LogP) is 2.33. The number of halogens is 1. The summed E-state index contributed by atoms with van der Waals surface area (Å²) < 4.78 is 0. The molecule has 1 aromatic heterocycles. The van der Waals surface area contributed by atoms with Crippen LogP contribution in [0.15, 0.2) is 23.0 Å². The average Bonchev–Trinajstić information content (AvgIpc) is 2.70. The molecule has 1 aliphatic rings. The van der Waals surface area contributed by atoms with Gasteiger partial charge >= 0.3 is 0 Å². The summed E-state index contributed by atoms with van der Waals surface area (Å²) in [5.41, 5.74) is 1.57. The van der Waals surface area contributed by atoms with Gasteiger partial charge in [0.05, 0.1) is 0 Å². The topological polar surface area (TPSA) is 91.0 Å². The Hall–Kier alpha value is -2.25. The fourth-order valence-corrected chi connectivity index (χ4v) is 3.43. The van der Waals surface area contributed by atoms with Crippen LogP contribution in [0.3, 0.4) is 0 Å². The third-order valence-corrected chi connectivity index (χ3v) is 5.40. The van der Waals surface area contributed by atoms with Crippen molar-refractivity contribution in [2.45, 2.75) is 39.0 Å². The molecule has 2 N–H and O–H groups in total. The van der Waals surface area contributed by atoms with E-state index >= 15 is 0 Å². The lowest BCUT2D eigenvalue weighted by molar-refractivity contribution is -0.121. The molecule has 2 aromatic rings. The van der Waals surface area contributed by atoms with Crippen LogP contribution in [0.25, 0.3) is 11.4 Å². The lowest BCUT2D eigenvalue weighted by Crippen LogP contribution is -2.37. The molecule has 1 fully saturated rings. The lowest BCUT2D eigenvalue weighted by atomic mass is 10.1. The number of hydrogen-bond acceptors (Lipinski definition) is 5. The third-order valence-electron chi connectivity index (χ3n) is 5.00. The van der Waals surface area contributed by atoms with E-state index in [-0.39, 0.29) is 30.0 Å².